The van der Waals surface area contributed by atoms with E-state index in [0.29, 0.717) is 0 Å². The number of aliphatic hydroxyl groups excluding tert-OH is 3. The summed E-state index contributed by atoms with van der Waals surface area (Å²) in [5, 5.41) is 28.4. The first kappa shape index (κ1) is 13.7. The van der Waals surface area contributed by atoms with Crippen LogP contribution < -0.4 is 16.0 Å². The summed E-state index contributed by atoms with van der Waals surface area (Å²) in [4.78, 5) is 25.0. The van der Waals surface area contributed by atoms with E-state index in [-0.39, 0.29) is 5.75 Å². The van der Waals surface area contributed by atoms with Gasteiger partial charge in [-0.3, -0.25) is 14.3 Å². The first-order valence-electron chi connectivity index (χ1n) is 5.51. The Labute approximate surface area is 106 Å². The van der Waals surface area contributed by atoms with E-state index >= 15 is 0 Å². The van der Waals surface area contributed by atoms with Crippen molar-refractivity contribution < 1.29 is 24.8 Å². The van der Waals surface area contributed by atoms with Gasteiger partial charge in [-0.25, -0.2) is 4.79 Å². The maximum atomic E-state index is 11.7. The molecule has 19 heavy (non-hydrogen) atoms. The fourth-order valence-corrected chi connectivity index (χ4v) is 1.91. The summed E-state index contributed by atoms with van der Waals surface area (Å²) in [6.45, 7) is -0.510. The molecule has 0 aliphatic carbocycles. The fraction of sp³-hybridized carbons (Fsp3) is 0.600. The predicted octanol–water partition coefficient (Wildman–Crippen LogP) is -2.84. The van der Waals surface area contributed by atoms with Crippen molar-refractivity contribution in [1.29, 1.82) is 0 Å². The van der Waals surface area contributed by atoms with Crippen molar-refractivity contribution in [3.8, 4) is 5.75 Å². The van der Waals surface area contributed by atoms with Gasteiger partial charge in [0.05, 0.1) is 19.9 Å². The molecule has 9 nitrogen and oxygen atoms in total. The summed E-state index contributed by atoms with van der Waals surface area (Å²) in [7, 11) is 1.25. The van der Waals surface area contributed by atoms with Gasteiger partial charge in [-0.15, -0.1) is 0 Å². The molecule has 0 saturated carbocycles. The number of aliphatic hydroxyl groups is 3. The lowest BCUT2D eigenvalue weighted by atomic mass is 10.1. The molecule has 1 aromatic rings. The van der Waals surface area contributed by atoms with Gasteiger partial charge in [0.15, 0.2) is 6.23 Å². The van der Waals surface area contributed by atoms with Gasteiger partial charge in [0, 0.05) is 0 Å². The van der Waals surface area contributed by atoms with Crippen LogP contribution in [0.1, 0.15) is 6.23 Å². The zero-order valence-corrected chi connectivity index (χ0v) is 10.0. The number of nitrogens with one attached hydrogen (secondary N) is 1. The molecule has 0 aromatic carbocycles. The van der Waals surface area contributed by atoms with Crippen LogP contribution in [0.3, 0.4) is 0 Å². The summed E-state index contributed by atoms with van der Waals surface area (Å²) in [6.07, 6.45) is -3.90. The average molecular weight is 274 g/mol. The number of hydrogen-bond donors (Lipinski definition) is 4. The highest BCUT2D eigenvalue weighted by molar-refractivity contribution is 5.12. The van der Waals surface area contributed by atoms with E-state index in [1.54, 1.807) is 0 Å². The Morgan fingerprint density at radius 2 is 2.11 bits per heavy atom. The lowest BCUT2D eigenvalue weighted by Gasteiger charge is -2.17. The maximum Gasteiger partial charge on any atom is 0.330 e. The van der Waals surface area contributed by atoms with Gasteiger partial charge in [0.25, 0.3) is 5.56 Å². The molecule has 4 atom stereocenters. The van der Waals surface area contributed by atoms with Crippen molar-refractivity contribution in [3.63, 3.8) is 0 Å². The molecule has 9 heteroatoms. The number of nitrogens with zero attached hydrogens (tertiary/aromatic N) is 1. The Hall–Kier alpha value is -1.68. The van der Waals surface area contributed by atoms with Crippen LogP contribution in [0.5, 0.6) is 5.75 Å². The molecule has 2 heterocycles. The topological polar surface area (TPSA) is 134 Å². The molecule has 1 aromatic heterocycles. The van der Waals surface area contributed by atoms with E-state index in [2.05, 4.69) is 0 Å². The number of aromatic nitrogens is 2. The van der Waals surface area contributed by atoms with Crippen molar-refractivity contribution in [2.75, 3.05) is 13.7 Å². The van der Waals surface area contributed by atoms with E-state index < -0.39 is 42.4 Å². The van der Waals surface area contributed by atoms with E-state index in [9.17, 15) is 19.8 Å². The fourth-order valence-electron chi connectivity index (χ4n) is 1.91. The molecule has 0 spiro atoms. The Balaban J connectivity index is 2.43. The molecule has 106 valence electrons. The summed E-state index contributed by atoms with van der Waals surface area (Å²) in [5.74, 6) is -0.141. The number of H-pyrrole nitrogens is 1. The second-order valence-electron chi connectivity index (χ2n) is 4.09. The molecule has 4 N–H and O–H groups in total. The Kier molecular flexibility index (Phi) is 3.71. The third-order valence-electron chi connectivity index (χ3n) is 2.95. The van der Waals surface area contributed by atoms with Gasteiger partial charge >= 0.3 is 5.69 Å². The first-order valence-corrected chi connectivity index (χ1v) is 5.51. The van der Waals surface area contributed by atoms with Crippen molar-refractivity contribution in [2.24, 2.45) is 0 Å². The number of ether oxygens (including phenoxy) is 2. The number of methoxy groups -OCH3 is 1. The van der Waals surface area contributed by atoms with Crippen LogP contribution in [-0.2, 0) is 4.74 Å². The second kappa shape index (κ2) is 5.13. The lowest BCUT2D eigenvalue weighted by Crippen LogP contribution is -2.38. The van der Waals surface area contributed by atoms with E-state index in [1.165, 1.54) is 7.11 Å². The van der Waals surface area contributed by atoms with E-state index in [1.807, 2.05) is 4.98 Å². The predicted molar refractivity (Wildman–Crippen MR) is 60.9 cm³/mol. The van der Waals surface area contributed by atoms with Crippen molar-refractivity contribution in [3.05, 3.63) is 27.0 Å². The molecule has 1 saturated heterocycles. The van der Waals surface area contributed by atoms with Crippen molar-refractivity contribution in [1.82, 2.24) is 9.55 Å². The molecule has 1 fully saturated rings. The summed E-state index contributed by atoms with van der Waals surface area (Å²) >= 11 is 0. The third kappa shape index (κ3) is 2.28. The van der Waals surface area contributed by atoms with Gasteiger partial charge < -0.3 is 24.8 Å². The van der Waals surface area contributed by atoms with E-state index in [4.69, 9.17) is 14.6 Å². The highest BCUT2D eigenvalue weighted by Crippen LogP contribution is 2.28. The first-order chi connectivity index (χ1) is 8.99. The standard InChI is InChI=1S/C10H14N2O7/c1-18-4-2-12(10(17)11-8(4)16)9-7(15)6(14)5(3-13)19-9/h2,5-7,9,13-15H,3H2,1H3,(H,11,16,17)/t5-,6+,7+,9-/m1/s1. The van der Waals surface area contributed by atoms with E-state index in [0.717, 1.165) is 10.8 Å². The minimum Gasteiger partial charge on any atom is -0.490 e. The number of hydrogen-bond acceptors (Lipinski definition) is 7. The highest BCUT2D eigenvalue weighted by Gasteiger charge is 2.43. The summed E-state index contributed by atoms with van der Waals surface area (Å²) in [6, 6.07) is 0. The molecule has 0 amide bonds. The van der Waals surface area contributed by atoms with Crippen LogP contribution in [0.15, 0.2) is 15.8 Å². The molecule has 2 rings (SSSR count). The van der Waals surface area contributed by atoms with Crippen LogP contribution in [0.4, 0.5) is 0 Å². The minimum atomic E-state index is -1.41. The normalized spacial score (nSPS) is 30.5. The third-order valence-corrected chi connectivity index (χ3v) is 2.95. The Morgan fingerprint density at radius 3 is 2.63 bits per heavy atom. The van der Waals surface area contributed by atoms with Crippen LogP contribution in [0.25, 0.3) is 0 Å². The molecule has 0 radical (unpaired) electrons. The largest absolute Gasteiger partial charge is 0.490 e. The lowest BCUT2D eigenvalue weighted by molar-refractivity contribution is -0.0552. The molecule has 1 aliphatic rings. The number of aromatic amines is 1. The highest BCUT2D eigenvalue weighted by atomic mass is 16.6. The molecule has 0 bridgehead atoms. The van der Waals surface area contributed by atoms with Crippen molar-refractivity contribution >= 4 is 0 Å². The van der Waals surface area contributed by atoms with Crippen LogP contribution in [0, 0.1) is 0 Å². The van der Waals surface area contributed by atoms with Gasteiger partial charge in [-0.05, 0) is 0 Å². The minimum absolute atomic E-state index is 0.141. The van der Waals surface area contributed by atoms with Crippen molar-refractivity contribution in [2.45, 2.75) is 24.5 Å². The molecular weight excluding hydrogens is 260 g/mol. The zero-order valence-electron chi connectivity index (χ0n) is 10.0. The zero-order chi connectivity index (χ0) is 14.2. The van der Waals surface area contributed by atoms with Crippen LogP contribution >= 0.6 is 0 Å². The van der Waals surface area contributed by atoms with Crippen LogP contribution in [-0.4, -0.2) is 56.9 Å². The maximum absolute atomic E-state index is 11.7. The molecule has 1 aliphatic heterocycles. The van der Waals surface area contributed by atoms with Crippen LogP contribution in [0.2, 0.25) is 0 Å². The SMILES string of the molecule is COc1cn([C@@H]2O[C@H](CO)[C@H](O)[C@@H]2O)c(=O)[nH]c1=O. The average Bonchev–Trinajstić information content (AvgIpc) is 2.67. The molecular formula is C10H14N2O7. The molecule has 0 unspecified atom stereocenters. The monoisotopic (exact) mass is 274 g/mol. The smallest absolute Gasteiger partial charge is 0.330 e. The second-order valence-corrected chi connectivity index (χ2v) is 4.09. The summed E-state index contributed by atoms with van der Waals surface area (Å²) < 4.78 is 10.8. The Morgan fingerprint density at radius 1 is 1.42 bits per heavy atom. The number of rotatable bonds is 3. The van der Waals surface area contributed by atoms with Gasteiger partial charge in [0.1, 0.15) is 18.3 Å². The van der Waals surface area contributed by atoms with Gasteiger partial charge in [0.2, 0.25) is 5.75 Å². The Bertz CT molecular complexity index is 566. The summed E-state index contributed by atoms with van der Waals surface area (Å²) in [5.41, 5.74) is -1.53. The van der Waals surface area contributed by atoms with Gasteiger partial charge in [-0.2, -0.15) is 0 Å². The quantitative estimate of drug-likeness (QED) is 0.466. The van der Waals surface area contributed by atoms with Gasteiger partial charge in [-0.1, -0.05) is 0 Å².